The fraction of sp³-hybridized carbons (Fsp3) is 0.375. The molecule has 1 heterocycles. The van der Waals surface area contributed by atoms with Crippen molar-refractivity contribution >= 4 is 11.6 Å². The molecule has 0 fully saturated rings. The van der Waals surface area contributed by atoms with Crippen LogP contribution < -0.4 is 11.1 Å². The zero-order valence-corrected chi connectivity index (χ0v) is 12.5. The van der Waals surface area contributed by atoms with Crippen LogP contribution in [0.2, 0.25) is 0 Å². The third-order valence-corrected chi connectivity index (χ3v) is 4.13. The van der Waals surface area contributed by atoms with Crippen LogP contribution in [0, 0.1) is 5.41 Å². The third-order valence-electron chi connectivity index (χ3n) is 4.13. The number of anilines is 1. The number of nitrogens with zero attached hydrogens (tertiary/aromatic N) is 2. The van der Waals surface area contributed by atoms with E-state index in [0.29, 0.717) is 6.54 Å². The number of carbonyl (C=O) groups is 1. The highest BCUT2D eigenvalue weighted by Crippen LogP contribution is 2.28. The predicted octanol–water partition coefficient (Wildman–Crippen LogP) is 2.58. The van der Waals surface area contributed by atoms with Crippen LogP contribution in [0.15, 0.2) is 42.7 Å². The minimum atomic E-state index is -0.517. The average Bonchev–Trinajstić information content (AvgIpc) is 3.04. The molecule has 0 aliphatic carbocycles. The number of carbonyl (C=O) groups excluding carboxylic acids is 1. The third kappa shape index (κ3) is 2.97. The number of nitrogens with one attached hydrogen (secondary N) is 1. The lowest BCUT2D eigenvalue weighted by Gasteiger charge is -2.29. The molecule has 0 atom stereocenters. The molecule has 21 heavy (non-hydrogen) atoms. The highest BCUT2D eigenvalue weighted by molar-refractivity contribution is 5.97. The van der Waals surface area contributed by atoms with E-state index in [1.165, 1.54) is 0 Å². The Balaban J connectivity index is 2.30. The summed E-state index contributed by atoms with van der Waals surface area (Å²) in [5.41, 5.74) is 6.90. The Kier molecular flexibility index (Phi) is 4.75. The van der Waals surface area contributed by atoms with E-state index in [1.807, 2.05) is 50.4 Å². The highest BCUT2D eigenvalue weighted by Gasteiger charge is 2.33. The zero-order chi connectivity index (χ0) is 15.3. The molecule has 3 N–H and O–H groups in total. The van der Waals surface area contributed by atoms with Gasteiger partial charge in [0.1, 0.15) is 0 Å². The van der Waals surface area contributed by atoms with E-state index in [-0.39, 0.29) is 5.91 Å². The van der Waals surface area contributed by atoms with Gasteiger partial charge in [0.25, 0.3) is 0 Å². The van der Waals surface area contributed by atoms with Crippen LogP contribution in [-0.2, 0) is 4.79 Å². The van der Waals surface area contributed by atoms with Crippen molar-refractivity contribution in [2.45, 2.75) is 26.7 Å². The summed E-state index contributed by atoms with van der Waals surface area (Å²) in [5.74, 6) is -0.0328. The number of para-hydroxylation sites is 2. The molecule has 0 bridgehead atoms. The topological polar surface area (TPSA) is 72.9 Å². The van der Waals surface area contributed by atoms with Crippen molar-refractivity contribution < 1.29 is 4.79 Å². The lowest BCUT2D eigenvalue weighted by atomic mass is 9.81. The van der Waals surface area contributed by atoms with Crippen LogP contribution in [0.4, 0.5) is 5.69 Å². The van der Waals surface area contributed by atoms with Gasteiger partial charge in [0.15, 0.2) is 0 Å². The zero-order valence-electron chi connectivity index (χ0n) is 12.5. The number of benzene rings is 1. The summed E-state index contributed by atoms with van der Waals surface area (Å²) >= 11 is 0. The minimum Gasteiger partial charge on any atom is -0.329 e. The second-order valence-corrected chi connectivity index (χ2v) is 5.11. The van der Waals surface area contributed by atoms with Crippen molar-refractivity contribution in [1.82, 2.24) is 9.78 Å². The number of nitrogens with two attached hydrogens (primary N) is 1. The minimum absolute atomic E-state index is 0.0328. The van der Waals surface area contributed by atoms with E-state index in [0.717, 1.165) is 24.2 Å². The first-order valence-electron chi connectivity index (χ1n) is 7.27. The van der Waals surface area contributed by atoms with Gasteiger partial charge in [-0.15, -0.1) is 0 Å². The molecule has 0 aliphatic rings. The maximum Gasteiger partial charge on any atom is 0.231 e. The van der Waals surface area contributed by atoms with Crippen LogP contribution >= 0.6 is 0 Å². The maximum atomic E-state index is 12.6. The normalized spacial score (nSPS) is 11.4. The molecular formula is C16H22N4O. The molecule has 0 spiro atoms. The molecule has 1 amide bonds. The number of rotatable bonds is 6. The molecule has 0 radical (unpaired) electrons. The van der Waals surface area contributed by atoms with Crippen molar-refractivity contribution in [1.29, 1.82) is 0 Å². The Bertz CT molecular complexity index is 580. The molecule has 5 heteroatoms. The van der Waals surface area contributed by atoms with Crippen molar-refractivity contribution in [3.63, 3.8) is 0 Å². The summed E-state index contributed by atoms with van der Waals surface area (Å²) in [6.07, 6.45) is 4.99. The lowest BCUT2D eigenvalue weighted by molar-refractivity contribution is -0.125. The van der Waals surface area contributed by atoms with Gasteiger partial charge in [0, 0.05) is 18.9 Å². The molecule has 0 saturated carbocycles. The molecule has 2 rings (SSSR count). The summed E-state index contributed by atoms with van der Waals surface area (Å²) in [6, 6.07) is 9.46. The standard InChI is InChI=1S/C16H22N4O/c1-3-16(4-2,12-17)15(21)19-13-8-5-6-9-14(13)20-11-7-10-18-20/h5-11H,3-4,12,17H2,1-2H3,(H,19,21). The Hall–Kier alpha value is -2.14. The Labute approximate surface area is 125 Å². The second-order valence-electron chi connectivity index (χ2n) is 5.11. The van der Waals surface area contributed by atoms with E-state index in [9.17, 15) is 4.79 Å². The molecular weight excluding hydrogens is 264 g/mol. The predicted molar refractivity (Wildman–Crippen MR) is 84.3 cm³/mol. The second kappa shape index (κ2) is 6.54. The molecule has 0 saturated heterocycles. The largest absolute Gasteiger partial charge is 0.329 e. The first kappa shape index (κ1) is 15.3. The molecule has 1 aromatic carbocycles. The maximum absolute atomic E-state index is 12.6. The van der Waals surface area contributed by atoms with Gasteiger partial charge in [-0.05, 0) is 31.0 Å². The smallest absolute Gasteiger partial charge is 0.231 e. The average molecular weight is 286 g/mol. The van der Waals surface area contributed by atoms with Gasteiger partial charge >= 0.3 is 0 Å². The Morgan fingerprint density at radius 2 is 2.00 bits per heavy atom. The Morgan fingerprint density at radius 1 is 1.29 bits per heavy atom. The van der Waals surface area contributed by atoms with E-state index in [1.54, 1.807) is 10.9 Å². The van der Waals surface area contributed by atoms with E-state index >= 15 is 0 Å². The van der Waals surface area contributed by atoms with Crippen LogP contribution in [0.3, 0.4) is 0 Å². The first-order valence-corrected chi connectivity index (χ1v) is 7.27. The van der Waals surface area contributed by atoms with Gasteiger partial charge in [-0.1, -0.05) is 26.0 Å². The van der Waals surface area contributed by atoms with Gasteiger partial charge in [-0.2, -0.15) is 5.10 Å². The highest BCUT2D eigenvalue weighted by atomic mass is 16.2. The molecule has 112 valence electrons. The van der Waals surface area contributed by atoms with Crippen molar-refractivity contribution in [3.8, 4) is 5.69 Å². The molecule has 2 aromatic rings. The van der Waals surface area contributed by atoms with Crippen LogP contribution in [0.25, 0.3) is 5.69 Å². The van der Waals surface area contributed by atoms with Gasteiger partial charge in [0.05, 0.1) is 16.8 Å². The lowest BCUT2D eigenvalue weighted by Crippen LogP contribution is -2.41. The van der Waals surface area contributed by atoms with E-state index < -0.39 is 5.41 Å². The number of aromatic nitrogens is 2. The van der Waals surface area contributed by atoms with Crippen molar-refractivity contribution in [2.75, 3.05) is 11.9 Å². The summed E-state index contributed by atoms with van der Waals surface area (Å²) in [7, 11) is 0. The first-order chi connectivity index (χ1) is 10.2. The van der Waals surface area contributed by atoms with E-state index in [2.05, 4.69) is 10.4 Å². The van der Waals surface area contributed by atoms with Crippen molar-refractivity contribution in [3.05, 3.63) is 42.7 Å². The molecule has 0 unspecified atom stereocenters. The van der Waals surface area contributed by atoms with Crippen LogP contribution in [-0.4, -0.2) is 22.2 Å². The van der Waals surface area contributed by atoms with Crippen molar-refractivity contribution in [2.24, 2.45) is 11.1 Å². The van der Waals surface area contributed by atoms with Gasteiger partial charge in [0.2, 0.25) is 5.91 Å². The number of amides is 1. The summed E-state index contributed by atoms with van der Waals surface area (Å²) in [6.45, 7) is 4.33. The van der Waals surface area contributed by atoms with Gasteiger partial charge < -0.3 is 11.1 Å². The monoisotopic (exact) mass is 286 g/mol. The summed E-state index contributed by atoms with van der Waals surface area (Å²) in [4.78, 5) is 12.6. The SMILES string of the molecule is CCC(CC)(CN)C(=O)Nc1ccccc1-n1cccn1. The molecule has 1 aromatic heterocycles. The van der Waals surface area contributed by atoms with E-state index in [4.69, 9.17) is 5.73 Å². The Morgan fingerprint density at radius 3 is 2.57 bits per heavy atom. The van der Waals surface area contributed by atoms with Crippen LogP contribution in [0.5, 0.6) is 0 Å². The van der Waals surface area contributed by atoms with Gasteiger partial charge in [-0.25, -0.2) is 4.68 Å². The number of hydrogen-bond donors (Lipinski definition) is 2. The summed E-state index contributed by atoms with van der Waals surface area (Å²) < 4.78 is 1.73. The summed E-state index contributed by atoms with van der Waals surface area (Å²) in [5, 5.41) is 7.23. The fourth-order valence-corrected chi connectivity index (χ4v) is 2.40. The quantitative estimate of drug-likeness (QED) is 0.857. The molecule has 0 aliphatic heterocycles. The van der Waals surface area contributed by atoms with Gasteiger partial charge in [-0.3, -0.25) is 4.79 Å². The van der Waals surface area contributed by atoms with Crippen LogP contribution in [0.1, 0.15) is 26.7 Å². The molecule has 5 nitrogen and oxygen atoms in total. The fourth-order valence-electron chi connectivity index (χ4n) is 2.40. The number of hydrogen-bond acceptors (Lipinski definition) is 3.